The molecule has 0 heterocycles. The van der Waals surface area contributed by atoms with Gasteiger partial charge in [0.2, 0.25) is 0 Å². The molecule has 1 aromatic rings. The molecule has 0 fully saturated rings. The fourth-order valence-corrected chi connectivity index (χ4v) is 1.08. The minimum absolute atomic E-state index is 0.259. The van der Waals surface area contributed by atoms with Gasteiger partial charge in [0, 0.05) is 9.13 Å². The molecule has 0 aliphatic heterocycles. The Hall–Kier alpha value is -0.700. The van der Waals surface area contributed by atoms with E-state index in [-0.39, 0.29) is 5.56 Å². The lowest BCUT2D eigenvalue weighted by Crippen LogP contribution is -2.09. The minimum atomic E-state index is -3.37. The summed E-state index contributed by atoms with van der Waals surface area (Å²) in [7, 11) is 0. The summed E-state index contributed by atoms with van der Waals surface area (Å²) < 4.78 is 26.2. The Morgan fingerprint density at radius 1 is 1.25 bits per heavy atom. The summed E-state index contributed by atoms with van der Waals surface area (Å²) in [4.78, 5) is 0. The molecule has 1 rings (SSSR count). The zero-order valence-electron chi connectivity index (χ0n) is 5.89. The molecule has 0 spiro atoms. The van der Waals surface area contributed by atoms with Crippen molar-refractivity contribution in [3.05, 3.63) is 33.4 Å². The molecule has 0 unspecified atom stereocenters. The SMILES string of the molecule is N#CC(F)(F)c1ccc(I)cc1. The lowest BCUT2D eigenvalue weighted by atomic mass is 10.1. The minimum Gasteiger partial charge on any atom is -0.191 e. The van der Waals surface area contributed by atoms with Crippen LogP contribution in [0.3, 0.4) is 0 Å². The Bertz CT molecular complexity index is 313. The summed E-state index contributed by atoms with van der Waals surface area (Å²) in [6, 6.07) is 6.54. The van der Waals surface area contributed by atoms with Crippen LogP contribution >= 0.6 is 22.6 Å². The zero-order valence-corrected chi connectivity index (χ0v) is 8.05. The summed E-state index contributed by atoms with van der Waals surface area (Å²) in [6.07, 6.45) is 0. The van der Waals surface area contributed by atoms with Gasteiger partial charge in [-0.1, -0.05) is 12.1 Å². The molecule has 0 saturated carbocycles. The monoisotopic (exact) mass is 279 g/mol. The summed E-state index contributed by atoms with van der Waals surface area (Å²) >= 11 is 2.01. The van der Waals surface area contributed by atoms with Crippen LogP contribution in [-0.4, -0.2) is 0 Å². The zero-order chi connectivity index (χ0) is 9.19. The third-order valence-electron chi connectivity index (χ3n) is 1.35. The van der Waals surface area contributed by atoms with Gasteiger partial charge in [-0.3, -0.25) is 0 Å². The molecule has 0 saturated heterocycles. The topological polar surface area (TPSA) is 23.8 Å². The van der Waals surface area contributed by atoms with Crippen molar-refractivity contribution in [2.75, 3.05) is 0 Å². The van der Waals surface area contributed by atoms with Gasteiger partial charge >= 0.3 is 5.92 Å². The molecule has 0 N–H and O–H groups in total. The van der Waals surface area contributed by atoms with Crippen LogP contribution in [0.4, 0.5) is 8.78 Å². The van der Waals surface area contributed by atoms with Crippen LogP contribution in [0.2, 0.25) is 0 Å². The molecule has 0 amide bonds. The van der Waals surface area contributed by atoms with Crippen LogP contribution in [0.5, 0.6) is 0 Å². The number of benzene rings is 1. The van der Waals surface area contributed by atoms with Crippen molar-refractivity contribution in [3.8, 4) is 6.07 Å². The molecule has 4 heteroatoms. The summed E-state index contributed by atoms with van der Waals surface area (Å²) in [5.41, 5.74) is -0.259. The predicted molar refractivity (Wildman–Crippen MR) is 48.7 cm³/mol. The van der Waals surface area contributed by atoms with E-state index in [1.54, 1.807) is 12.1 Å². The van der Waals surface area contributed by atoms with Crippen LogP contribution in [-0.2, 0) is 5.92 Å². The van der Waals surface area contributed by atoms with E-state index in [1.165, 1.54) is 12.1 Å². The van der Waals surface area contributed by atoms with Gasteiger partial charge < -0.3 is 0 Å². The summed E-state index contributed by atoms with van der Waals surface area (Å²) in [5.74, 6) is -3.37. The maximum Gasteiger partial charge on any atom is 0.357 e. The molecule has 0 radical (unpaired) electrons. The Morgan fingerprint density at radius 3 is 2.17 bits per heavy atom. The molecular formula is C8H4F2IN. The fourth-order valence-electron chi connectivity index (χ4n) is 0.724. The van der Waals surface area contributed by atoms with E-state index in [2.05, 4.69) is 0 Å². The van der Waals surface area contributed by atoms with Gasteiger partial charge in [-0.05, 0) is 34.7 Å². The Kier molecular flexibility index (Phi) is 2.62. The lowest BCUT2D eigenvalue weighted by molar-refractivity contribution is 0.0613. The van der Waals surface area contributed by atoms with E-state index >= 15 is 0 Å². The quantitative estimate of drug-likeness (QED) is 0.725. The lowest BCUT2D eigenvalue weighted by Gasteiger charge is -2.06. The molecule has 1 aromatic carbocycles. The molecule has 12 heavy (non-hydrogen) atoms. The third kappa shape index (κ3) is 1.91. The highest BCUT2D eigenvalue weighted by molar-refractivity contribution is 14.1. The van der Waals surface area contributed by atoms with Gasteiger partial charge in [-0.15, -0.1) is 0 Å². The first-order valence-electron chi connectivity index (χ1n) is 3.11. The van der Waals surface area contributed by atoms with Gasteiger partial charge in [0.05, 0.1) is 0 Å². The fraction of sp³-hybridized carbons (Fsp3) is 0.125. The van der Waals surface area contributed by atoms with Crippen molar-refractivity contribution in [2.24, 2.45) is 0 Å². The van der Waals surface area contributed by atoms with Crippen LogP contribution < -0.4 is 0 Å². The first-order chi connectivity index (χ1) is 5.56. The molecule has 0 aliphatic carbocycles. The maximum atomic E-state index is 12.7. The van der Waals surface area contributed by atoms with Crippen molar-refractivity contribution < 1.29 is 8.78 Å². The molecule has 0 aromatic heterocycles. The predicted octanol–water partition coefficient (Wildman–Crippen LogP) is 2.91. The highest BCUT2D eigenvalue weighted by Gasteiger charge is 2.30. The standard InChI is InChI=1S/C8H4F2IN/c9-8(10,5-12)6-1-3-7(11)4-2-6/h1-4H. The average molecular weight is 279 g/mol. The Balaban J connectivity index is 3.07. The second kappa shape index (κ2) is 3.35. The van der Waals surface area contributed by atoms with Crippen LogP contribution in [0.1, 0.15) is 5.56 Å². The van der Waals surface area contributed by atoms with E-state index in [1.807, 2.05) is 22.6 Å². The van der Waals surface area contributed by atoms with E-state index in [9.17, 15) is 8.78 Å². The normalized spacial score (nSPS) is 10.8. The van der Waals surface area contributed by atoms with E-state index < -0.39 is 5.92 Å². The third-order valence-corrected chi connectivity index (χ3v) is 2.07. The maximum absolute atomic E-state index is 12.7. The van der Waals surface area contributed by atoms with Crippen molar-refractivity contribution in [1.82, 2.24) is 0 Å². The number of halogens is 3. The smallest absolute Gasteiger partial charge is 0.191 e. The first-order valence-corrected chi connectivity index (χ1v) is 4.19. The van der Waals surface area contributed by atoms with Gasteiger partial charge in [0.1, 0.15) is 6.07 Å². The molecular weight excluding hydrogens is 275 g/mol. The number of hydrogen-bond donors (Lipinski definition) is 0. The van der Waals surface area contributed by atoms with Crippen molar-refractivity contribution in [3.63, 3.8) is 0 Å². The number of hydrogen-bond acceptors (Lipinski definition) is 1. The highest BCUT2D eigenvalue weighted by Crippen LogP contribution is 2.26. The first kappa shape index (κ1) is 9.39. The van der Waals surface area contributed by atoms with Crippen LogP contribution in [0.15, 0.2) is 24.3 Å². The van der Waals surface area contributed by atoms with Gasteiger partial charge in [-0.25, -0.2) is 0 Å². The number of alkyl halides is 2. The molecule has 0 bridgehead atoms. The summed E-state index contributed by atoms with van der Waals surface area (Å²) in [5, 5.41) is 8.11. The second-order valence-electron chi connectivity index (χ2n) is 2.19. The summed E-state index contributed by atoms with van der Waals surface area (Å²) in [6.45, 7) is 0. The van der Waals surface area contributed by atoms with Crippen LogP contribution in [0, 0.1) is 14.9 Å². The van der Waals surface area contributed by atoms with Crippen LogP contribution in [0.25, 0.3) is 0 Å². The van der Waals surface area contributed by atoms with Gasteiger partial charge in [-0.2, -0.15) is 14.0 Å². The number of nitriles is 1. The molecule has 0 aliphatic rings. The van der Waals surface area contributed by atoms with Crippen molar-refractivity contribution in [1.29, 1.82) is 5.26 Å². The van der Waals surface area contributed by atoms with Gasteiger partial charge in [0.25, 0.3) is 0 Å². The second-order valence-corrected chi connectivity index (χ2v) is 3.44. The van der Waals surface area contributed by atoms with E-state index in [0.717, 1.165) is 9.64 Å². The number of rotatable bonds is 1. The molecule has 62 valence electrons. The van der Waals surface area contributed by atoms with Gasteiger partial charge in [0.15, 0.2) is 0 Å². The average Bonchev–Trinajstić information content (AvgIpc) is 2.05. The number of nitrogens with zero attached hydrogens (tertiary/aromatic N) is 1. The van der Waals surface area contributed by atoms with E-state index in [0.29, 0.717) is 0 Å². The molecule has 0 atom stereocenters. The largest absolute Gasteiger partial charge is 0.357 e. The Labute approximate surface area is 82.1 Å². The van der Waals surface area contributed by atoms with Crippen molar-refractivity contribution >= 4 is 22.6 Å². The Morgan fingerprint density at radius 2 is 1.75 bits per heavy atom. The molecule has 1 nitrogen and oxygen atoms in total. The van der Waals surface area contributed by atoms with E-state index in [4.69, 9.17) is 5.26 Å². The van der Waals surface area contributed by atoms with Crippen molar-refractivity contribution in [2.45, 2.75) is 5.92 Å². The highest BCUT2D eigenvalue weighted by atomic mass is 127.